The van der Waals surface area contributed by atoms with Gasteiger partial charge in [-0.2, -0.15) is 4.31 Å². The highest BCUT2D eigenvalue weighted by Gasteiger charge is 2.39. The Hall–Kier alpha value is 0.01000. The molecule has 5 nitrogen and oxygen atoms in total. The Morgan fingerprint density at radius 1 is 1.57 bits per heavy atom. The zero-order valence-electron chi connectivity index (χ0n) is 12.6. The monoisotopic (exact) mass is 396 g/mol. The molecule has 1 aliphatic rings. The summed E-state index contributed by atoms with van der Waals surface area (Å²) in [5, 5.41) is 3.04. The van der Waals surface area contributed by atoms with Gasteiger partial charge in [0.15, 0.2) is 0 Å². The van der Waals surface area contributed by atoms with Crippen LogP contribution in [0, 0.1) is 0 Å². The smallest absolute Gasteiger partial charge is 0.245 e. The van der Waals surface area contributed by atoms with E-state index in [-0.39, 0.29) is 6.10 Å². The molecule has 0 bridgehead atoms. The molecular weight excluding hydrogens is 376 g/mol. The number of hydrogen-bond acceptors (Lipinski definition) is 5. The Labute approximate surface area is 138 Å². The van der Waals surface area contributed by atoms with Crippen molar-refractivity contribution in [2.24, 2.45) is 0 Å². The zero-order chi connectivity index (χ0) is 15.8. The van der Waals surface area contributed by atoms with Crippen molar-refractivity contribution < 1.29 is 13.2 Å². The third-order valence-electron chi connectivity index (χ3n) is 3.21. The first-order valence-electron chi connectivity index (χ1n) is 6.76. The summed E-state index contributed by atoms with van der Waals surface area (Å²) >= 11 is 4.83. The van der Waals surface area contributed by atoms with Crippen LogP contribution in [-0.4, -0.2) is 44.6 Å². The number of sulfonamides is 1. The Kier molecular flexibility index (Phi) is 5.17. The van der Waals surface area contributed by atoms with Gasteiger partial charge in [0.25, 0.3) is 0 Å². The van der Waals surface area contributed by atoms with Gasteiger partial charge in [-0.05, 0) is 49.8 Å². The van der Waals surface area contributed by atoms with E-state index in [1.165, 1.54) is 15.6 Å². The molecule has 1 N–H and O–H groups in total. The third kappa shape index (κ3) is 3.86. The van der Waals surface area contributed by atoms with Gasteiger partial charge in [0, 0.05) is 24.5 Å². The minimum absolute atomic E-state index is 0.113. The molecule has 1 aromatic heterocycles. The van der Waals surface area contributed by atoms with Gasteiger partial charge in [-0.1, -0.05) is 0 Å². The Morgan fingerprint density at radius 2 is 2.24 bits per heavy atom. The standard InChI is InChI=1S/C13H21BrN2O3S2/c1-9-7-16(8-13(2,3)19-9)21(17,18)11-5-10(6-15-4)20-12(11)14/h5,9,15H,6-8H2,1-4H3. The van der Waals surface area contributed by atoms with Crippen LogP contribution in [0.2, 0.25) is 0 Å². The van der Waals surface area contributed by atoms with E-state index in [0.717, 1.165) is 4.88 Å². The molecule has 1 aromatic rings. The number of hydrogen-bond donors (Lipinski definition) is 1. The molecule has 1 fully saturated rings. The van der Waals surface area contributed by atoms with Crippen LogP contribution in [0.5, 0.6) is 0 Å². The van der Waals surface area contributed by atoms with E-state index in [2.05, 4.69) is 21.2 Å². The number of halogens is 1. The van der Waals surface area contributed by atoms with Crippen LogP contribution < -0.4 is 5.32 Å². The molecule has 120 valence electrons. The minimum Gasteiger partial charge on any atom is -0.370 e. The van der Waals surface area contributed by atoms with Crippen molar-refractivity contribution in [1.82, 2.24) is 9.62 Å². The summed E-state index contributed by atoms with van der Waals surface area (Å²) in [6, 6.07) is 1.74. The highest BCUT2D eigenvalue weighted by Crippen LogP contribution is 2.35. The molecule has 1 unspecified atom stereocenters. The van der Waals surface area contributed by atoms with E-state index in [0.29, 0.717) is 28.3 Å². The van der Waals surface area contributed by atoms with Gasteiger partial charge in [-0.3, -0.25) is 0 Å². The highest BCUT2D eigenvalue weighted by atomic mass is 79.9. The second-order valence-corrected chi connectivity index (χ2v) is 10.2. The van der Waals surface area contributed by atoms with Crippen LogP contribution in [0.25, 0.3) is 0 Å². The molecule has 2 heterocycles. The second-order valence-electron chi connectivity index (χ2n) is 5.87. The average molecular weight is 397 g/mol. The van der Waals surface area contributed by atoms with E-state index >= 15 is 0 Å². The molecule has 0 aromatic carbocycles. The summed E-state index contributed by atoms with van der Waals surface area (Å²) in [5.41, 5.74) is -0.471. The first kappa shape index (κ1) is 17.4. The number of morpholine rings is 1. The van der Waals surface area contributed by atoms with Crippen LogP contribution in [0.15, 0.2) is 14.7 Å². The lowest BCUT2D eigenvalue weighted by atomic mass is 10.1. The molecule has 0 saturated carbocycles. The summed E-state index contributed by atoms with van der Waals surface area (Å²) in [6.07, 6.45) is -0.113. The summed E-state index contributed by atoms with van der Waals surface area (Å²) in [4.78, 5) is 1.34. The summed E-state index contributed by atoms with van der Waals surface area (Å²) in [7, 11) is -1.66. The van der Waals surface area contributed by atoms with Gasteiger partial charge in [0.1, 0.15) is 4.90 Å². The molecule has 1 atom stereocenters. The van der Waals surface area contributed by atoms with Crippen LogP contribution in [-0.2, 0) is 21.3 Å². The van der Waals surface area contributed by atoms with Crippen LogP contribution in [0.3, 0.4) is 0 Å². The molecule has 8 heteroatoms. The molecule has 1 saturated heterocycles. The lowest BCUT2D eigenvalue weighted by Gasteiger charge is -2.40. The minimum atomic E-state index is -3.51. The van der Waals surface area contributed by atoms with Gasteiger partial charge in [0.05, 0.1) is 15.5 Å². The molecule has 0 radical (unpaired) electrons. The van der Waals surface area contributed by atoms with E-state index < -0.39 is 15.6 Å². The van der Waals surface area contributed by atoms with E-state index in [1.807, 2.05) is 27.8 Å². The fourth-order valence-electron chi connectivity index (χ4n) is 2.55. The average Bonchev–Trinajstić information content (AvgIpc) is 2.69. The highest BCUT2D eigenvalue weighted by molar-refractivity contribution is 9.11. The van der Waals surface area contributed by atoms with Crippen molar-refractivity contribution in [2.75, 3.05) is 20.1 Å². The summed E-state index contributed by atoms with van der Waals surface area (Å²) < 4.78 is 33.7. The number of nitrogens with one attached hydrogen (secondary N) is 1. The molecule has 0 aliphatic carbocycles. The fourth-order valence-corrected chi connectivity index (χ4v) is 6.86. The van der Waals surface area contributed by atoms with Crippen molar-refractivity contribution >= 4 is 37.3 Å². The van der Waals surface area contributed by atoms with Gasteiger partial charge in [-0.25, -0.2) is 8.42 Å². The molecule has 0 amide bonds. The molecule has 0 spiro atoms. The van der Waals surface area contributed by atoms with Crippen LogP contribution in [0.1, 0.15) is 25.6 Å². The lowest BCUT2D eigenvalue weighted by molar-refractivity contribution is -0.109. The summed E-state index contributed by atoms with van der Waals surface area (Å²) in [6.45, 7) is 7.14. The van der Waals surface area contributed by atoms with Crippen molar-refractivity contribution in [2.45, 2.75) is 43.9 Å². The predicted octanol–water partition coefficient (Wildman–Crippen LogP) is 2.42. The Morgan fingerprint density at radius 3 is 2.81 bits per heavy atom. The van der Waals surface area contributed by atoms with Crippen molar-refractivity contribution in [3.63, 3.8) is 0 Å². The SMILES string of the molecule is CNCc1cc(S(=O)(=O)N2CC(C)OC(C)(C)C2)c(Br)s1. The number of ether oxygens (including phenoxy) is 1. The number of nitrogens with zero attached hydrogens (tertiary/aromatic N) is 1. The maximum Gasteiger partial charge on any atom is 0.245 e. The topological polar surface area (TPSA) is 58.6 Å². The van der Waals surface area contributed by atoms with Crippen molar-refractivity contribution in [3.8, 4) is 0 Å². The van der Waals surface area contributed by atoms with Gasteiger partial charge in [-0.15, -0.1) is 11.3 Å². The predicted molar refractivity (Wildman–Crippen MR) is 88.2 cm³/mol. The molecule has 2 rings (SSSR count). The largest absolute Gasteiger partial charge is 0.370 e. The van der Waals surface area contributed by atoms with E-state index in [9.17, 15) is 8.42 Å². The summed E-state index contributed by atoms with van der Waals surface area (Å²) in [5.74, 6) is 0. The quantitative estimate of drug-likeness (QED) is 0.848. The Bertz CT molecular complexity index is 613. The van der Waals surface area contributed by atoms with E-state index in [4.69, 9.17) is 4.74 Å². The second kappa shape index (κ2) is 6.25. The fraction of sp³-hybridized carbons (Fsp3) is 0.692. The lowest BCUT2D eigenvalue weighted by Crippen LogP contribution is -2.53. The number of rotatable bonds is 4. The Balaban J connectivity index is 2.33. The maximum atomic E-state index is 12.9. The molecule has 1 aliphatic heterocycles. The van der Waals surface area contributed by atoms with Gasteiger partial charge in [0.2, 0.25) is 10.0 Å². The van der Waals surface area contributed by atoms with Gasteiger partial charge < -0.3 is 10.1 Å². The molecule has 21 heavy (non-hydrogen) atoms. The van der Waals surface area contributed by atoms with Crippen molar-refractivity contribution in [1.29, 1.82) is 0 Å². The normalized spacial score (nSPS) is 23.4. The van der Waals surface area contributed by atoms with E-state index in [1.54, 1.807) is 6.07 Å². The number of thiophene rings is 1. The van der Waals surface area contributed by atoms with Crippen LogP contribution >= 0.6 is 27.3 Å². The van der Waals surface area contributed by atoms with Crippen LogP contribution in [0.4, 0.5) is 0 Å². The zero-order valence-corrected chi connectivity index (χ0v) is 15.9. The van der Waals surface area contributed by atoms with Gasteiger partial charge >= 0.3 is 0 Å². The first-order chi connectivity index (χ1) is 9.65. The molecular formula is C13H21BrN2O3S2. The van der Waals surface area contributed by atoms with Crippen molar-refractivity contribution in [3.05, 3.63) is 14.7 Å². The first-order valence-corrected chi connectivity index (χ1v) is 9.81. The maximum absolute atomic E-state index is 12.9. The third-order valence-corrected chi connectivity index (χ3v) is 7.28.